The highest BCUT2D eigenvalue weighted by atomic mass is 16.5. The molecule has 1 fully saturated rings. The van der Waals surface area contributed by atoms with E-state index in [1.165, 1.54) is 6.42 Å². The topological polar surface area (TPSA) is 90.3 Å². The Balaban J connectivity index is 1.72. The second-order valence-corrected chi connectivity index (χ2v) is 8.38. The summed E-state index contributed by atoms with van der Waals surface area (Å²) >= 11 is 0. The maximum absolute atomic E-state index is 12.6. The van der Waals surface area contributed by atoms with Crippen molar-refractivity contribution < 1.29 is 14.3 Å². The zero-order valence-electron chi connectivity index (χ0n) is 18.4. The summed E-state index contributed by atoms with van der Waals surface area (Å²) in [6, 6.07) is 5.01. The highest BCUT2D eigenvalue weighted by Crippen LogP contribution is 2.29. The lowest BCUT2D eigenvalue weighted by molar-refractivity contribution is -0.130. The number of aromatic nitrogens is 2. The highest BCUT2D eigenvalue weighted by Gasteiger charge is 2.30. The van der Waals surface area contributed by atoms with Crippen molar-refractivity contribution in [3.8, 4) is 0 Å². The number of ether oxygens (including phenoxy) is 1. The first-order valence-corrected chi connectivity index (χ1v) is 10.8. The first-order chi connectivity index (χ1) is 14.2. The van der Waals surface area contributed by atoms with Gasteiger partial charge >= 0.3 is 5.97 Å². The van der Waals surface area contributed by atoms with Crippen LogP contribution in [-0.4, -0.2) is 33.6 Å². The van der Waals surface area contributed by atoms with Gasteiger partial charge in [0.2, 0.25) is 0 Å². The maximum Gasteiger partial charge on any atom is 0.338 e. The number of benzene rings is 1. The fourth-order valence-electron chi connectivity index (χ4n) is 4.18. The molecule has 2 aromatic rings. The van der Waals surface area contributed by atoms with E-state index >= 15 is 0 Å². The molecule has 1 amide bonds. The molecule has 30 heavy (non-hydrogen) atoms. The Morgan fingerprint density at radius 2 is 2.03 bits per heavy atom. The van der Waals surface area contributed by atoms with Gasteiger partial charge < -0.3 is 14.6 Å². The summed E-state index contributed by atoms with van der Waals surface area (Å²) in [7, 11) is 0. The van der Waals surface area contributed by atoms with Crippen LogP contribution in [-0.2, 0) is 16.1 Å². The Hall–Kier alpha value is -2.70. The third-order valence-electron chi connectivity index (χ3n) is 6.35. The predicted molar refractivity (Wildman–Crippen MR) is 115 cm³/mol. The molecule has 7 heteroatoms. The maximum atomic E-state index is 12.6. The average molecular weight is 414 g/mol. The number of hydrogen-bond acceptors (Lipinski definition) is 5. The van der Waals surface area contributed by atoms with Crippen molar-refractivity contribution in [3.63, 3.8) is 0 Å². The predicted octanol–water partition coefficient (Wildman–Crippen LogP) is 3.21. The zero-order chi connectivity index (χ0) is 22.0. The van der Waals surface area contributed by atoms with E-state index in [1.54, 1.807) is 36.6 Å². The molecule has 1 aromatic carbocycles. The molecule has 162 valence electrons. The van der Waals surface area contributed by atoms with Crippen molar-refractivity contribution in [1.29, 1.82) is 0 Å². The molecule has 1 aliphatic carbocycles. The third-order valence-corrected chi connectivity index (χ3v) is 6.35. The van der Waals surface area contributed by atoms with Gasteiger partial charge in [-0.25, -0.2) is 9.78 Å². The number of hydrogen-bond donors (Lipinski definition) is 1. The van der Waals surface area contributed by atoms with Gasteiger partial charge in [-0.15, -0.1) is 0 Å². The van der Waals surface area contributed by atoms with Gasteiger partial charge in [0.25, 0.3) is 11.5 Å². The molecule has 0 bridgehead atoms. The summed E-state index contributed by atoms with van der Waals surface area (Å²) in [5.41, 5.74) is 1.74. The normalized spacial score (nSPS) is 22.5. The van der Waals surface area contributed by atoms with E-state index in [0.29, 0.717) is 40.7 Å². The third kappa shape index (κ3) is 4.40. The molecule has 0 unspecified atom stereocenters. The summed E-state index contributed by atoms with van der Waals surface area (Å²) in [6.45, 7) is 10.0. The molecule has 1 heterocycles. The van der Waals surface area contributed by atoms with Crippen LogP contribution in [0.3, 0.4) is 0 Å². The Bertz CT molecular complexity index is 1010. The summed E-state index contributed by atoms with van der Waals surface area (Å²) in [4.78, 5) is 41.7. The summed E-state index contributed by atoms with van der Waals surface area (Å²) in [5.74, 6) is 0.106. The van der Waals surface area contributed by atoms with E-state index in [4.69, 9.17) is 4.74 Å². The van der Waals surface area contributed by atoms with Gasteiger partial charge in [-0.2, -0.15) is 0 Å². The minimum absolute atomic E-state index is 0.112. The van der Waals surface area contributed by atoms with Gasteiger partial charge in [-0.1, -0.05) is 26.7 Å². The largest absolute Gasteiger partial charge is 0.449 e. The second kappa shape index (κ2) is 8.98. The molecule has 0 saturated heterocycles. The number of esters is 1. The van der Waals surface area contributed by atoms with Crippen molar-refractivity contribution in [2.24, 2.45) is 11.8 Å². The number of carbonyl (C=O) groups excluding carboxylic acids is 2. The number of rotatable bonds is 5. The lowest BCUT2D eigenvalue weighted by Gasteiger charge is -2.35. The van der Waals surface area contributed by atoms with Crippen molar-refractivity contribution in [2.75, 3.05) is 0 Å². The van der Waals surface area contributed by atoms with Gasteiger partial charge in [-0.05, 0) is 57.2 Å². The van der Waals surface area contributed by atoms with Gasteiger partial charge in [0.1, 0.15) is 5.69 Å². The molecule has 1 saturated carbocycles. The first-order valence-electron chi connectivity index (χ1n) is 10.8. The standard InChI is InChI=1S/C23H31N3O4/c1-6-26-20-11-10-17(12-19(20)24-15(4)22(26)28)23(29)30-16(5)21(27)25-18-9-7-8-13(2)14(18)3/h10-14,16,18H,6-9H2,1-5H3,(H,25,27)/t13-,14-,16+,18-/m0/s1. The van der Waals surface area contributed by atoms with E-state index in [0.717, 1.165) is 12.8 Å². The minimum atomic E-state index is -0.892. The summed E-state index contributed by atoms with van der Waals surface area (Å²) in [6.07, 6.45) is 2.33. The van der Waals surface area contributed by atoms with Crippen LogP contribution in [0.5, 0.6) is 0 Å². The fourth-order valence-corrected chi connectivity index (χ4v) is 4.18. The van der Waals surface area contributed by atoms with Crippen molar-refractivity contribution in [2.45, 2.75) is 72.6 Å². The van der Waals surface area contributed by atoms with Crippen LogP contribution in [0.4, 0.5) is 0 Å². The highest BCUT2D eigenvalue weighted by molar-refractivity contribution is 5.95. The first kappa shape index (κ1) is 22.0. The molecular formula is C23H31N3O4. The molecule has 7 nitrogen and oxygen atoms in total. The van der Waals surface area contributed by atoms with E-state index < -0.39 is 12.1 Å². The second-order valence-electron chi connectivity index (χ2n) is 8.38. The number of carbonyl (C=O) groups is 2. The molecule has 0 spiro atoms. The molecular weight excluding hydrogens is 382 g/mol. The van der Waals surface area contributed by atoms with E-state index in [1.807, 2.05) is 6.92 Å². The molecule has 0 aliphatic heterocycles. The molecule has 1 N–H and O–H groups in total. The Morgan fingerprint density at radius 3 is 2.73 bits per heavy atom. The van der Waals surface area contributed by atoms with Crippen LogP contribution in [0.15, 0.2) is 23.0 Å². The quantitative estimate of drug-likeness (QED) is 0.760. The van der Waals surface area contributed by atoms with Crippen molar-refractivity contribution in [1.82, 2.24) is 14.9 Å². The van der Waals surface area contributed by atoms with E-state index in [2.05, 4.69) is 24.1 Å². The van der Waals surface area contributed by atoms with Crippen LogP contribution < -0.4 is 10.9 Å². The Labute approximate surface area is 176 Å². The minimum Gasteiger partial charge on any atom is -0.449 e. The Kier molecular flexibility index (Phi) is 6.58. The van der Waals surface area contributed by atoms with Crippen LogP contribution in [0.1, 0.15) is 63.0 Å². The molecule has 3 rings (SSSR count). The lowest BCUT2D eigenvalue weighted by Crippen LogP contribution is -2.47. The van der Waals surface area contributed by atoms with E-state index in [-0.39, 0.29) is 17.5 Å². The molecule has 0 radical (unpaired) electrons. The van der Waals surface area contributed by atoms with Crippen LogP contribution in [0.2, 0.25) is 0 Å². The van der Waals surface area contributed by atoms with Gasteiger partial charge in [0.15, 0.2) is 6.10 Å². The summed E-state index contributed by atoms with van der Waals surface area (Å²) < 4.78 is 7.03. The molecule has 4 atom stereocenters. The fraction of sp³-hybridized carbons (Fsp3) is 0.565. The van der Waals surface area contributed by atoms with E-state index in [9.17, 15) is 14.4 Å². The van der Waals surface area contributed by atoms with Crippen molar-refractivity contribution >= 4 is 22.9 Å². The van der Waals surface area contributed by atoms with Crippen LogP contribution in [0, 0.1) is 18.8 Å². The van der Waals surface area contributed by atoms with Gasteiger partial charge in [-0.3, -0.25) is 9.59 Å². The number of nitrogens with one attached hydrogen (secondary N) is 1. The van der Waals surface area contributed by atoms with Crippen molar-refractivity contribution in [3.05, 3.63) is 39.8 Å². The number of amides is 1. The SMILES string of the molecule is CCn1c(=O)c(C)nc2cc(C(=O)O[C@H](C)C(=O)N[C@H]3CCC[C@H](C)[C@@H]3C)ccc21. The van der Waals surface area contributed by atoms with Crippen LogP contribution >= 0.6 is 0 Å². The van der Waals surface area contributed by atoms with Gasteiger partial charge in [0.05, 0.1) is 16.6 Å². The van der Waals surface area contributed by atoms with Crippen LogP contribution in [0.25, 0.3) is 11.0 Å². The summed E-state index contributed by atoms with van der Waals surface area (Å²) in [5, 5.41) is 3.05. The number of aryl methyl sites for hydroxylation is 2. The Morgan fingerprint density at radius 1 is 1.30 bits per heavy atom. The zero-order valence-corrected chi connectivity index (χ0v) is 18.4. The smallest absolute Gasteiger partial charge is 0.338 e. The van der Waals surface area contributed by atoms with Gasteiger partial charge in [0, 0.05) is 12.6 Å². The monoisotopic (exact) mass is 413 g/mol. The lowest BCUT2D eigenvalue weighted by atomic mass is 9.78. The molecule has 1 aliphatic rings. The molecule has 1 aromatic heterocycles. The average Bonchev–Trinajstić information content (AvgIpc) is 2.72. The number of nitrogens with zero attached hydrogens (tertiary/aromatic N) is 2. The number of fused-ring (bicyclic) bond motifs is 1.